The normalized spacial score (nSPS) is 26.2. The number of hydrogen-bond acceptors (Lipinski definition) is 3. The van der Waals surface area contributed by atoms with E-state index in [0.717, 1.165) is 36.3 Å². The van der Waals surface area contributed by atoms with Gasteiger partial charge in [-0.3, -0.25) is 14.7 Å². The van der Waals surface area contributed by atoms with Gasteiger partial charge >= 0.3 is 0 Å². The molecule has 2 atom stereocenters. The topological polar surface area (TPSA) is 69.3 Å². The molecule has 142 valence electrons. The Labute approximate surface area is 155 Å². The van der Waals surface area contributed by atoms with Crippen LogP contribution in [-0.4, -0.2) is 57.5 Å². The Morgan fingerprint density at radius 1 is 1.19 bits per heavy atom. The molecule has 3 saturated heterocycles. The van der Waals surface area contributed by atoms with E-state index in [4.69, 9.17) is 0 Å². The number of fused-ring (bicyclic) bond motifs is 4. The van der Waals surface area contributed by atoms with Crippen LogP contribution in [0, 0.1) is 25.7 Å². The average Bonchev–Trinajstić information content (AvgIpc) is 2.78. The van der Waals surface area contributed by atoms with Gasteiger partial charge < -0.3 is 9.80 Å². The van der Waals surface area contributed by atoms with Crippen LogP contribution in [0.25, 0.3) is 0 Å². The molecule has 4 aliphatic rings. The van der Waals surface area contributed by atoms with Gasteiger partial charge in [-0.05, 0) is 51.0 Å². The van der Waals surface area contributed by atoms with E-state index in [0.29, 0.717) is 37.8 Å². The number of piperidine rings is 1. The fourth-order valence-corrected chi connectivity index (χ4v) is 4.60. The Hall–Kier alpha value is -1.85. The van der Waals surface area contributed by atoms with Crippen LogP contribution in [0.1, 0.15) is 55.5 Å². The van der Waals surface area contributed by atoms with Gasteiger partial charge in [0.1, 0.15) is 0 Å². The molecule has 2 bridgehead atoms. The van der Waals surface area contributed by atoms with Crippen LogP contribution in [0.15, 0.2) is 0 Å². The molecule has 5 rings (SSSR count). The first-order valence-electron chi connectivity index (χ1n) is 10.1. The lowest BCUT2D eigenvalue weighted by Gasteiger charge is -2.40. The first kappa shape index (κ1) is 17.6. The van der Waals surface area contributed by atoms with Gasteiger partial charge in [0.15, 0.2) is 0 Å². The van der Waals surface area contributed by atoms with Crippen LogP contribution in [0.5, 0.6) is 0 Å². The Morgan fingerprint density at radius 2 is 2.00 bits per heavy atom. The van der Waals surface area contributed by atoms with Gasteiger partial charge in [0.2, 0.25) is 11.8 Å². The highest BCUT2D eigenvalue weighted by molar-refractivity contribution is 5.83. The van der Waals surface area contributed by atoms with Crippen LogP contribution in [-0.2, 0) is 16.0 Å². The van der Waals surface area contributed by atoms with Crippen LogP contribution >= 0.6 is 0 Å². The molecule has 0 aromatic carbocycles. The monoisotopic (exact) mass is 358 g/mol. The van der Waals surface area contributed by atoms with Gasteiger partial charge in [-0.25, -0.2) is 0 Å². The second-order valence-corrected chi connectivity index (χ2v) is 8.43. The molecule has 4 fully saturated rings. The van der Waals surface area contributed by atoms with Gasteiger partial charge in [-0.2, -0.15) is 5.10 Å². The van der Waals surface area contributed by atoms with E-state index in [2.05, 4.69) is 15.1 Å². The predicted molar refractivity (Wildman–Crippen MR) is 98.5 cm³/mol. The third-order valence-electron chi connectivity index (χ3n) is 6.76. The van der Waals surface area contributed by atoms with Crippen LogP contribution in [0.3, 0.4) is 0 Å². The number of rotatable bonds is 5. The summed E-state index contributed by atoms with van der Waals surface area (Å²) in [5, 5.41) is 7.30. The van der Waals surface area contributed by atoms with Crippen molar-refractivity contribution in [2.24, 2.45) is 11.8 Å². The van der Waals surface area contributed by atoms with E-state index in [9.17, 15) is 9.59 Å². The fourth-order valence-electron chi connectivity index (χ4n) is 4.60. The van der Waals surface area contributed by atoms with E-state index < -0.39 is 0 Å². The maximum atomic E-state index is 12.9. The summed E-state index contributed by atoms with van der Waals surface area (Å²) < 4.78 is 0. The molecule has 0 spiro atoms. The Bertz CT molecular complexity index is 694. The first-order chi connectivity index (χ1) is 12.5. The lowest BCUT2D eigenvalue weighted by atomic mass is 9.83. The van der Waals surface area contributed by atoms with Crippen molar-refractivity contribution in [3.63, 3.8) is 0 Å². The standard InChI is InChI=1S/C20H30N4O2/c1-13-14(2)21-22-18(13)8-9-19(25)23-11-16-6-7-17(12-23)24(20(16)26)10-15-4-3-5-15/h15-17H,3-12H2,1-2H3,(H,21,22). The Morgan fingerprint density at radius 3 is 2.65 bits per heavy atom. The van der Waals surface area contributed by atoms with Crippen molar-refractivity contribution in [1.82, 2.24) is 20.0 Å². The van der Waals surface area contributed by atoms with E-state index in [-0.39, 0.29) is 17.9 Å². The zero-order valence-corrected chi connectivity index (χ0v) is 16.0. The number of carbonyl (C=O) groups excluding carboxylic acids is 2. The van der Waals surface area contributed by atoms with Crippen molar-refractivity contribution in [2.45, 2.75) is 64.8 Å². The number of nitrogens with zero attached hydrogens (tertiary/aromatic N) is 3. The molecule has 0 radical (unpaired) electrons. The SMILES string of the molecule is Cc1[nH]nc(CCC(=O)N2CC3CCC(C2)N(CC2CCC2)C3=O)c1C. The molecule has 1 saturated carbocycles. The molecule has 6 heteroatoms. The molecule has 1 aliphatic carbocycles. The third-order valence-corrected chi connectivity index (χ3v) is 6.76. The van der Waals surface area contributed by atoms with E-state index >= 15 is 0 Å². The van der Waals surface area contributed by atoms with Crippen molar-refractivity contribution < 1.29 is 9.59 Å². The van der Waals surface area contributed by atoms with Gasteiger partial charge in [0.25, 0.3) is 0 Å². The highest BCUT2D eigenvalue weighted by Gasteiger charge is 2.42. The molecule has 1 aromatic rings. The largest absolute Gasteiger partial charge is 0.340 e. The summed E-state index contributed by atoms with van der Waals surface area (Å²) in [7, 11) is 0. The van der Waals surface area contributed by atoms with Crippen LogP contribution in [0.4, 0.5) is 0 Å². The maximum absolute atomic E-state index is 12.9. The highest BCUT2D eigenvalue weighted by Crippen LogP contribution is 2.34. The van der Waals surface area contributed by atoms with Crippen LogP contribution in [0.2, 0.25) is 0 Å². The molecule has 2 unspecified atom stereocenters. The minimum Gasteiger partial charge on any atom is -0.340 e. The van der Waals surface area contributed by atoms with Crippen molar-refractivity contribution in [1.29, 1.82) is 0 Å². The molecular weight excluding hydrogens is 328 g/mol. The molecule has 1 N–H and O–H groups in total. The fraction of sp³-hybridized carbons (Fsp3) is 0.750. The summed E-state index contributed by atoms with van der Waals surface area (Å²) in [5.41, 5.74) is 3.20. The summed E-state index contributed by atoms with van der Waals surface area (Å²) in [4.78, 5) is 29.7. The van der Waals surface area contributed by atoms with Crippen molar-refractivity contribution in [2.75, 3.05) is 19.6 Å². The zero-order valence-electron chi connectivity index (χ0n) is 16.0. The van der Waals surface area contributed by atoms with Gasteiger partial charge in [-0.1, -0.05) is 6.42 Å². The lowest BCUT2D eigenvalue weighted by Crippen LogP contribution is -2.50. The van der Waals surface area contributed by atoms with E-state index in [1.165, 1.54) is 19.3 Å². The van der Waals surface area contributed by atoms with Gasteiger partial charge in [0, 0.05) is 44.2 Å². The number of aromatic amines is 1. The summed E-state index contributed by atoms with van der Waals surface area (Å²) in [6.07, 6.45) is 6.94. The Balaban J connectivity index is 1.39. The van der Waals surface area contributed by atoms with Gasteiger partial charge in [0.05, 0.1) is 11.6 Å². The van der Waals surface area contributed by atoms with Crippen molar-refractivity contribution in [3.8, 4) is 0 Å². The molecule has 26 heavy (non-hydrogen) atoms. The molecule has 3 aliphatic heterocycles. The molecule has 1 aromatic heterocycles. The Kier molecular flexibility index (Phi) is 4.76. The number of amides is 2. The third kappa shape index (κ3) is 3.26. The summed E-state index contributed by atoms with van der Waals surface area (Å²) in [6.45, 7) is 6.28. The minimum atomic E-state index is 0.00661. The van der Waals surface area contributed by atoms with Crippen molar-refractivity contribution in [3.05, 3.63) is 17.0 Å². The zero-order chi connectivity index (χ0) is 18.3. The second kappa shape index (κ2) is 7.05. The number of nitrogens with one attached hydrogen (secondary N) is 1. The van der Waals surface area contributed by atoms with E-state index in [1.807, 2.05) is 18.7 Å². The predicted octanol–water partition coefficient (Wildman–Crippen LogP) is 2.21. The molecule has 2 amide bonds. The molecular formula is C20H30N4O2. The summed E-state index contributed by atoms with van der Waals surface area (Å²) >= 11 is 0. The maximum Gasteiger partial charge on any atom is 0.227 e. The smallest absolute Gasteiger partial charge is 0.227 e. The highest BCUT2D eigenvalue weighted by atomic mass is 16.2. The van der Waals surface area contributed by atoms with Gasteiger partial charge in [-0.15, -0.1) is 0 Å². The number of H-pyrrole nitrogens is 1. The average molecular weight is 358 g/mol. The molecule has 6 nitrogen and oxygen atoms in total. The summed E-state index contributed by atoms with van der Waals surface area (Å²) in [6, 6.07) is 0.222. The second-order valence-electron chi connectivity index (χ2n) is 8.43. The van der Waals surface area contributed by atoms with Crippen molar-refractivity contribution >= 4 is 11.8 Å². The number of carbonyl (C=O) groups is 2. The number of hydrogen-bond donors (Lipinski definition) is 1. The van der Waals surface area contributed by atoms with E-state index in [1.54, 1.807) is 0 Å². The number of aryl methyl sites for hydroxylation is 2. The van der Waals surface area contributed by atoms with Crippen LogP contribution < -0.4 is 0 Å². The quantitative estimate of drug-likeness (QED) is 0.877. The number of aromatic nitrogens is 2. The first-order valence-corrected chi connectivity index (χ1v) is 10.1. The molecule has 4 heterocycles. The minimum absolute atomic E-state index is 0.00661. The lowest BCUT2D eigenvalue weighted by molar-refractivity contribution is -0.141. The summed E-state index contributed by atoms with van der Waals surface area (Å²) in [5.74, 6) is 1.16.